The van der Waals surface area contributed by atoms with E-state index in [4.69, 9.17) is 0 Å². The highest BCUT2D eigenvalue weighted by molar-refractivity contribution is 9.10. The smallest absolute Gasteiger partial charge is 0.261 e. The van der Waals surface area contributed by atoms with Gasteiger partial charge >= 0.3 is 0 Å². The zero-order valence-electron chi connectivity index (χ0n) is 20.2. The van der Waals surface area contributed by atoms with Crippen molar-refractivity contribution >= 4 is 58.9 Å². The van der Waals surface area contributed by atoms with Crippen LogP contribution in [0.3, 0.4) is 0 Å². The van der Waals surface area contributed by atoms with E-state index in [-0.39, 0.29) is 23.8 Å². The molecule has 0 saturated carbocycles. The molecule has 0 fully saturated rings. The Kier molecular flexibility index (Phi) is 8.80. The first kappa shape index (κ1) is 27.7. The summed E-state index contributed by atoms with van der Waals surface area (Å²) in [5.41, 5.74) is 3.48. The SMILES string of the molecule is Cc1ccc(N(CCCC(=O)Nc2ccc(S(=O)(=O)Nc3ccc(Br)cc3)cc2)S(C)(=O)=O)cc1C. The lowest BCUT2D eigenvalue weighted by Gasteiger charge is -2.23. The summed E-state index contributed by atoms with van der Waals surface area (Å²) < 4.78 is 54.4. The van der Waals surface area contributed by atoms with Gasteiger partial charge < -0.3 is 5.32 Å². The predicted molar refractivity (Wildman–Crippen MR) is 147 cm³/mol. The van der Waals surface area contributed by atoms with E-state index in [1.165, 1.54) is 28.6 Å². The monoisotopic (exact) mass is 593 g/mol. The number of rotatable bonds is 10. The van der Waals surface area contributed by atoms with E-state index < -0.39 is 20.0 Å². The van der Waals surface area contributed by atoms with Gasteiger partial charge in [0, 0.05) is 28.8 Å². The molecule has 11 heteroatoms. The van der Waals surface area contributed by atoms with E-state index >= 15 is 0 Å². The summed E-state index contributed by atoms with van der Waals surface area (Å²) >= 11 is 3.30. The minimum atomic E-state index is -3.78. The molecule has 0 atom stereocenters. The highest BCUT2D eigenvalue weighted by Crippen LogP contribution is 2.23. The minimum absolute atomic E-state index is 0.0561. The van der Waals surface area contributed by atoms with Crippen molar-refractivity contribution in [2.45, 2.75) is 31.6 Å². The van der Waals surface area contributed by atoms with Gasteiger partial charge in [-0.2, -0.15) is 0 Å². The summed E-state index contributed by atoms with van der Waals surface area (Å²) in [4.78, 5) is 12.5. The van der Waals surface area contributed by atoms with Gasteiger partial charge in [-0.05, 0) is 92.1 Å². The molecule has 0 spiro atoms. The predicted octanol–water partition coefficient (Wildman–Crippen LogP) is 5.05. The number of sulfonamides is 2. The third kappa shape index (κ3) is 7.55. The molecule has 36 heavy (non-hydrogen) atoms. The number of benzene rings is 3. The molecule has 3 aromatic rings. The molecule has 0 aliphatic carbocycles. The van der Waals surface area contributed by atoms with Gasteiger partial charge in [0.1, 0.15) is 0 Å². The first-order valence-electron chi connectivity index (χ1n) is 11.1. The lowest BCUT2D eigenvalue weighted by molar-refractivity contribution is -0.116. The van der Waals surface area contributed by atoms with Crippen molar-refractivity contribution in [1.29, 1.82) is 0 Å². The van der Waals surface area contributed by atoms with Gasteiger partial charge in [0.15, 0.2) is 0 Å². The Labute approximate surface area is 221 Å². The van der Waals surface area contributed by atoms with Crippen LogP contribution < -0.4 is 14.3 Å². The largest absolute Gasteiger partial charge is 0.326 e. The normalized spacial score (nSPS) is 11.7. The van der Waals surface area contributed by atoms with Crippen LogP contribution in [-0.4, -0.2) is 35.5 Å². The first-order valence-corrected chi connectivity index (χ1v) is 15.2. The Hall–Kier alpha value is -2.89. The molecule has 0 heterocycles. The van der Waals surface area contributed by atoms with Crippen molar-refractivity contribution in [3.05, 3.63) is 82.3 Å². The van der Waals surface area contributed by atoms with E-state index in [9.17, 15) is 21.6 Å². The van der Waals surface area contributed by atoms with Crippen LogP contribution >= 0.6 is 15.9 Å². The fourth-order valence-electron chi connectivity index (χ4n) is 3.42. The van der Waals surface area contributed by atoms with E-state index in [0.29, 0.717) is 23.5 Å². The molecular weight excluding hydrogens is 566 g/mol. The highest BCUT2D eigenvalue weighted by Gasteiger charge is 2.18. The Morgan fingerprint density at radius 2 is 1.47 bits per heavy atom. The van der Waals surface area contributed by atoms with E-state index in [0.717, 1.165) is 21.9 Å². The molecule has 3 aromatic carbocycles. The maximum atomic E-state index is 12.6. The number of carbonyl (C=O) groups is 1. The molecule has 1 amide bonds. The summed E-state index contributed by atoms with van der Waals surface area (Å²) in [5.74, 6) is -0.299. The third-order valence-corrected chi connectivity index (χ3v) is 8.61. The van der Waals surface area contributed by atoms with Gasteiger partial charge in [-0.25, -0.2) is 16.8 Å². The van der Waals surface area contributed by atoms with Gasteiger partial charge in [0.2, 0.25) is 15.9 Å². The molecule has 0 unspecified atom stereocenters. The number of amides is 1. The third-order valence-electron chi connectivity index (χ3n) is 5.49. The number of hydrogen-bond acceptors (Lipinski definition) is 5. The summed E-state index contributed by atoms with van der Waals surface area (Å²) in [6.07, 6.45) is 1.56. The summed E-state index contributed by atoms with van der Waals surface area (Å²) in [5, 5.41) is 2.72. The number of halogens is 1. The van der Waals surface area contributed by atoms with Crippen LogP contribution in [0.4, 0.5) is 17.1 Å². The molecule has 8 nitrogen and oxygen atoms in total. The van der Waals surface area contributed by atoms with Gasteiger partial charge in [0.25, 0.3) is 10.0 Å². The molecule has 0 bridgehead atoms. The van der Waals surface area contributed by atoms with E-state index in [1.54, 1.807) is 30.3 Å². The van der Waals surface area contributed by atoms with Crippen molar-refractivity contribution in [3.8, 4) is 0 Å². The zero-order valence-corrected chi connectivity index (χ0v) is 23.4. The topological polar surface area (TPSA) is 113 Å². The summed E-state index contributed by atoms with van der Waals surface area (Å²) in [7, 11) is -7.29. The van der Waals surface area contributed by atoms with Crippen molar-refractivity contribution in [3.63, 3.8) is 0 Å². The second-order valence-corrected chi connectivity index (χ2v) is 12.9. The van der Waals surface area contributed by atoms with Crippen LogP contribution in [0, 0.1) is 13.8 Å². The molecule has 0 aromatic heterocycles. The minimum Gasteiger partial charge on any atom is -0.326 e. The Morgan fingerprint density at radius 3 is 2.06 bits per heavy atom. The number of hydrogen-bond donors (Lipinski definition) is 2. The van der Waals surface area contributed by atoms with Crippen LogP contribution in [0.15, 0.2) is 76.1 Å². The van der Waals surface area contributed by atoms with Crippen LogP contribution in [0.25, 0.3) is 0 Å². The number of anilines is 3. The lowest BCUT2D eigenvalue weighted by Crippen LogP contribution is -2.31. The second-order valence-electron chi connectivity index (χ2n) is 8.39. The summed E-state index contributed by atoms with van der Waals surface area (Å²) in [6.45, 7) is 4.03. The highest BCUT2D eigenvalue weighted by atomic mass is 79.9. The Morgan fingerprint density at radius 1 is 0.861 bits per heavy atom. The van der Waals surface area contributed by atoms with Crippen LogP contribution in [0.5, 0.6) is 0 Å². The van der Waals surface area contributed by atoms with Crippen LogP contribution in [0.1, 0.15) is 24.0 Å². The van der Waals surface area contributed by atoms with Crippen molar-refractivity contribution in [2.24, 2.45) is 0 Å². The van der Waals surface area contributed by atoms with Gasteiger partial charge in [-0.1, -0.05) is 22.0 Å². The summed E-state index contributed by atoms with van der Waals surface area (Å²) in [6, 6.07) is 18.0. The number of aryl methyl sites for hydroxylation is 2. The fraction of sp³-hybridized carbons (Fsp3) is 0.240. The van der Waals surface area contributed by atoms with Gasteiger partial charge in [-0.3, -0.25) is 13.8 Å². The van der Waals surface area contributed by atoms with Crippen molar-refractivity contribution in [2.75, 3.05) is 27.1 Å². The van der Waals surface area contributed by atoms with Crippen molar-refractivity contribution < 1.29 is 21.6 Å². The molecule has 3 rings (SSSR count). The Balaban J connectivity index is 1.57. The quantitative estimate of drug-likeness (QED) is 0.341. The lowest BCUT2D eigenvalue weighted by atomic mass is 10.1. The molecular formula is C25H28BrN3O5S2. The Bertz CT molecular complexity index is 1440. The molecule has 0 radical (unpaired) electrons. The zero-order chi connectivity index (χ0) is 26.5. The van der Waals surface area contributed by atoms with Gasteiger partial charge in [-0.15, -0.1) is 0 Å². The maximum absolute atomic E-state index is 12.6. The van der Waals surface area contributed by atoms with Crippen LogP contribution in [-0.2, 0) is 24.8 Å². The molecule has 0 aliphatic rings. The molecule has 0 aliphatic heterocycles. The van der Waals surface area contributed by atoms with E-state index in [1.807, 2.05) is 26.0 Å². The van der Waals surface area contributed by atoms with Crippen LogP contribution in [0.2, 0.25) is 0 Å². The molecule has 0 saturated heterocycles. The van der Waals surface area contributed by atoms with E-state index in [2.05, 4.69) is 26.0 Å². The number of nitrogens with zero attached hydrogens (tertiary/aromatic N) is 1. The fourth-order valence-corrected chi connectivity index (χ4v) is 5.70. The first-order chi connectivity index (χ1) is 16.8. The molecule has 2 N–H and O–H groups in total. The number of nitrogens with one attached hydrogen (secondary N) is 2. The maximum Gasteiger partial charge on any atom is 0.261 e. The van der Waals surface area contributed by atoms with Crippen molar-refractivity contribution in [1.82, 2.24) is 0 Å². The van der Waals surface area contributed by atoms with Gasteiger partial charge in [0.05, 0.1) is 16.8 Å². The number of carbonyl (C=O) groups excluding carboxylic acids is 1. The second kappa shape index (κ2) is 11.4. The molecule has 192 valence electrons. The average Bonchev–Trinajstić information content (AvgIpc) is 2.80. The average molecular weight is 595 g/mol. The standard InChI is InChI=1S/C25H28BrN3O5S2/c1-18-6-13-23(17-19(18)2)29(35(3,31)32)16-4-5-25(30)27-21-11-14-24(15-12-21)36(33,34)28-22-9-7-20(26)8-10-22/h6-15,17,28H,4-5,16H2,1-3H3,(H,27,30).